The van der Waals surface area contributed by atoms with Crippen molar-refractivity contribution < 1.29 is 27.5 Å². The molecule has 1 N–H and O–H groups in total. The van der Waals surface area contributed by atoms with Gasteiger partial charge in [0.05, 0.1) is 11.0 Å². The van der Waals surface area contributed by atoms with Crippen LogP contribution in [0.4, 0.5) is 13.2 Å². The Morgan fingerprint density at radius 3 is 2.46 bits per heavy atom. The predicted molar refractivity (Wildman–Crippen MR) is 94.9 cm³/mol. The van der Waals surface area contributed by atoms with Crippen molar-refractivity contribution in [1.29, 1.82) is 0 Å². The fraction of sp³-hybridized carbons (Fsp3) is 0.619. The molecule has 0 heterocycles. The lowest BCUT2D eigenvalue weighted by molar-refractivity contribution is -0.177. The molecule has 0 radical (unpaired) electrons. The predicted octanol–water partition coefficient (Wildman–Crippen LogP) is 4.22. The molecule has 4 nitrogen and oxygen atoms in total. The van der Waals surface area contributed by atoms with Gasteiger partial charge < -0.3 is 10.1 Å². The second-order valence-corrected chi connectivity index (χ2v) is 8.98. The molecular weight excluding hydrogens is 371 g/mol. The van der Waals surface area contributed by atoms with E-state index in [0.717, 1.165) is 44.2 Å². The Kier molecular flexibility index (Phi) is 4.47. The van der Waals surface area contributed by atoms with Crippen molar-refractivity contribution in [3.63, 3.8) is 0 Å². The molecule has 4 fully saturated rings. The fourth-order valence-electron chi connectivity index (χ4n) is 6.16. The average molecular weight is 395 g/mol. The van der Waals surface area contributed by atoms with Crippen molar-refractivity contribution in [2.24, 2.45) is 17.3 Å². The van der Waals surface area contributed by atoms with E-state index in [1.54, 1.807) is 0 Å². The molecule has 28 heavy (non-hydrogen) atoms. The first-order valence-electron chi connectivity index (χ1n) is 9.71. The molecule has 7 heteroatoms. The van der Waals surface area contributed by atoms with Crippen molar-refractivity contribution >= 4 is 11.9 Å². The lowest BCUT2D eigenvalue weighted by atomic mass is 9.47. The van der Waals surface area contributed by atoms with Gasteiger partial charge in [-0.3, -0.25) is 9.59 Å². The lowest BCUT2D eigenvalue weighted by Crippen LogP contribution is -2.64. The first-order valence-corrected chi connectivity index (χ1v) is 9.71. The summed E-state index contributed by atoms with van der Waals surface area (Å²) in [5.41, 5.74) is -1.40. The summed E-state index contributed by atoms with van der Waals surface area (Å²) in [6.45, 7) is 1.32. The number of ether oxygens (including phenoxy) is 1. The molecule has 0 saturated heterocycles. The Labute approximate surface area is 161 Å². The molecule has 152 valence electrons. The van der Waals surface area contributed by atoms with Gasteiger partial charge in [0, 0.05) is 12.5 Å². The highest BCUT2D eigenvalue weighted by molar-refractivity contribution is 5.79. The summed E-state index contributed by atoms with van der Waals surface area (Å²) in [7, 11) is 0. The van der Waals surface area contributed by atoms with E-state index in [9.17, 15) is 22.8 Å². The van der Waals surface area contributed by atoms with Crippen LogP contribution >= 0.6 is 0 Å². The number of halogens is 3. The summed E-state index contributed by atoms with van der Waals surface area (Å²) < 4.78 is 44.1. The zero-order valence-electron chi connectivity index (χ0n) is 15.8. The standard InChI is InChI=1S/C21H24F3NO3/c1-13(26)25-20-9-15-5-16(10-20)8-19(7-15,12-20)18(27)28-11-14-3-2-4-17(6-14)21(22,23)24/h2-4,6,15-16H,5,7-12H2,1H3,(H,25,26). The average Bonchev–Trinajstić information content (AvgIpc) is 2.56. The maximum Gasteiger partial charge on any atom is 0.416 e. The van der Waals surface area contributed by atoms with E-state index in [1.165, 1.54) is 19.1 Å². The monoisotopic (exact) mass is 395 g/mol. The van der Waals surface area contributed by atoms with Gasteiger partial charge in [-0.25, -0.2) is 0 Å². The van der Waals surface area contributed by atoms with Gasteiger partial charge in [0.25, 0.3) is 0 Å². The van der Waals surface area contributed by atoms with Crippen molar-refractivity contribution in [3.05, 3.63) is 35.4 Å². The SMILES string of the molecule is CC(=O)NC12CC3CC(C1)CC(C(=O)OCc1cccc(C(F)(F)F)c1)(C3)C2. The van der Waals surface area contributed by atoms with Crippen LogP contribution in [0.25, 0.3) is 0 Å². The molecule has 0 spiro atoms. The van der Waals surface area contributed by atoms with Gasteiger partial charge in [-0.05, 0) is 68.1 Å². The quantitative estimate of drug-likeness (QED) is 0.777. The van der Waals surface area contributed by atoms with Crippen LogP contribution in [0.15, 0.2) is 24.3 Å². The number of hydrogen-bond acceptors (Lipinski definition) is 3. The lowest BCUT2D eigenvalue weighted by Gasteiger charge is -2.60. The maximum absolute atomic E-state index is 13.0. The minimum atomic E-state index is -4.43. The van der Waals surface area contributed by atoms with Gasteiger partial charge >= 0.3 is 12.1 Å². The molecule has 1 amide bonds. The normalized spacial score (nSPS) is 33.6. The third kappa shape index (κ3) is 3.51. The Balaban J connectivity index is 1.48. The van der Waals surface area contributed by atoms with Crippen LogP contribution in [0.3, 0.4) is 0 Å². The van der Waals surface area contributed by atoms with E-state index in [0.29, 0.717) is 23.8 Å². The molecule has 0 aliphatic heterocycles. The van der Waals surface area contributed by atoms with E-state index in [1.807, 2.05) is 0 Å². The van der Waals surface area contributed by atoms with Crippen molar-refractivity contribution in [2.75, 3.05) is 0 Å². The third-order valence-electron chi connectivity index (χ3n) is 6.56. The van der Waals surface area contributed by atoms with Crippen LogP contribution in [0, 0.1) is 17.3 Å². The molecule has 2 atom stereocenters. The van der Waals surface area contributed by atoms with Gasteiger partial charge in [0.15, 0.2) is 0 Å². The van der Waals surface area contributed by atoms with Crippen LogP contribution in [0.5, 0.6) is 0 Å². The van der Waals surface area contributed by atoms with Crippen LogP contribution < -0.4 is 5.32 Å². The van der Waals surface area contributed by atoms with Crippen LogP contribution in [0.2, 0.25) is 0 Å². The summed E-state index contributed by atoms with van der Waals surface area (Å²) >= 11 is 0. The third-order valence-corrected chi connectivity index (χ3v) is 6.56. The fourth-order valence-corrected chi connectivity index (χ4v) is 6.16. The molecule has 0 aromatic heterocycles. The molecule has 4 saturated carbocycles. The minimum Gasteiger partial charge on any atom is -0.460 e. The zero-order valence-corrected chi connectivity index (χ0v) is 15.8. The molecular formula is C21H24F3NO3. The van der Waals surface area contributed by atoms with Crippen molar-refractivity contribution in [2.45, 2.75) is 63.8 Å². The number of amides is 1. The maximum atomic E-state index is 13.0. The number of rotatable bonds is 4. The van der Waals surface area contributed by atoms with E-state index < -0.39 is 17.2 Å². The number of alkyl halides is 3. The number of nitrogens with one attached hydrogen (secondary N) is 1. The summed E-state index contributed by atoms with van der Waals surface area (Å²) in [5.74, 6) is 0.339. The molecule has 4 aliphatic rings. The first kappa shape index (κ1) is 19.3. The minimum absolute atomic E-state index is 0.0885. The van der Waals surface area contributed by atoms with E-state index in [-0.39, 0.29) is 24.0 Å². The summed E-state index contributed by atoms with van der Waals surface area (Å²) in [6.07, 6.45) is 0.485. The second kappa shape index (κ2) is 6.49. The van der Waals surface area contributed by atoms with E-state index in [4.69, 9.17) is 4.74 Å². The first-order chi connectivity index (χ1) is 13.1. The van der Waals surface area contributed by atoms with Crippen LogP contribution in [-0.2, 0) is 27.1 Å². The largest absolute Gasteiger partial charge is 0.460 e. The highest BCUT2D eigenvalue weighted by atomic mass is 19.4. The molecule has 4 bridgehead atoms. The summed E-state index contributed by atoms with van der Waals surface area (Å²) in [6, 6.07) is 4.87. The Morgan fingerprint density at radius 2 is 1.86 bits per heavy atom. The van der Waals surface area contributed by atoms with Crippen LogP contribution in [-0.4, -0.2) is 17.4 Å². The Hall–Kier alpha value is -2.05. The van der Waals surface area contributed by atoms with Gasteiger partial charge in [-0.2, -0.15) is 13.2 Å². The number of carbonyl (C=O) groups is 2. The van der Waals surface area contributed by atoms with Crippen molar-refractivity contribution in [3.8, 4) is 0 Å². The smallest absolute Gasteiger partial charge is 0.416 e. The number of carbonyl (C=O) groups excluding carboxylic acids is 2. The molecule has 5 rings (SSSR count). The Bertz CT molecular complexity index is 790. The Morgan fingerprint density at radius 1 is 1.18 bits per heavy atom. The van der Waals surface area contributed by atoms with Gasteiger partial charge in [-0.15, -0.1) is 0 Å². The topological polar surface area (TPSA) is 55.4 Å². The second-order valence-electron chi connectivity index (χ2n) is 8.98. The highest BCUT2D eigenvalue weighted by Crippen LogP contribution is 2.62. The molecule has 1 aromatic carbocycles. The number of hydrogen-bond donors (Lipinski definition) is 1. The number of esters is 1. The van der Waals surface area contributed by atoms with Crippen molar-refractivity contribution in [1.82, 2.24) is 5.32 Å². The zero-order chi connectivity index (χ0) is 20.2. The van der Waals surface area contributed by atoms with Gasteiger partial charge in [0.2, 0.25) is 5.91 Å². The van der Waals surface area contributed by atoms with Gasteiger partial charge in [-0.1, -0.05) is 12.1 Å². The van der Waals surface area contributed by atoms with Crippen LogP contribution in [0.1, 0.15) is 56.6 Å². The molecule has 4 aliphatic carbocycles. The molecule has 2 unspecified atom stereocenters. The van der Waals surface area contributed by atoms with Gasteiger partial charge in [0.1, 0.15) is 6.61 Å². The number of benzene rings is 1. The van der Waals surface area contributed by atoms with E-state index >= 15 is 0 Å². The molecule has 1 aromatic rings. The highest BCUT2D eigenvalue weighted by Gasteiger charge is 2.61. The summed E-state index contributed by atoms with van der Waals surface area (Å²) in [4.78, 5) is 24.7. The van der Waals surface area contributed by atoms with E-state index in [2.05, 4.69) is 5.32 Å². The summed E-state index contributed by atoms with van der Waals surface area (Å²) in [5, 5.41) is 3.09.